The van der Waals surface area contributed by atoms with Crippen LogP contribution in [0.15, 0.2) is 0 Å². The van der Waals surface area contributed by atoms with Crippen molar-refractivity contribution in [2.75, 3.05) is 0 Å². The zero-order valence-corrected chi connectivity index (χ0v) is 7.26. The van der Waals surface area contributed by atoms with Crippen LogP contribution < -0.4 is 0 Å². The maximum atomic E-state index is 10.6. The molecule has 1 N–H and O–H groups in total. The summed E-state index contributed by atoms with van der Waals surface area (Å²) in [6.07, 6.45) is 3.97. The molecule has 0 saturated heterocycles. The summed E-state index contributed by atoms with van der Waals surface area (Å²) >= 11 is 0. The van der Waals surface area contributed by atoms with Crippen LogP contribution in [0, 0.1) is 11.3 Å². The topological polar surface area (TPSA) is 37.3 Å². The number of hydrogen-bond acceptors (Lipinski definition) is 1. The van der Waals surface area contributed by atoms with Crippen molar-refractivity contribution in [1.29, 1.82) is 0 Å². The van der Waals surface area contributed by atoms with Crippen LogP contribution in [0.5, 0.6) is 0 Å². The van der Waals surface area contributed by atoms with Gasteiger partial charge in [0.1, 0.15) is 0 Å². The number of aliphatic carboxylic acids is 1. The number of carbonyl (C=O) groups is 1. The molecule has 1 unspecified atom stereocenters. The van der Waals surface area contributed by atoms with Gasteiger partial charge in [-0.3, -0.25) is 4.79 Å². The monoisotopic (exact) mass is 156 g/mol. The molecule has 1 atom stereocenters. The highest BCUT2D eigenvalue weighted by atomic mass is 16.4. The van der Waals surface area contributed by atoms with E-state index in [1.54, 1.807) is 0 Å². The van der Waals surface area contributed by atoms with Crippen molar-refractivity contribution in [3.8, 4) is 0 Å². The Morgan fingerprint density at radius 3 is 2.55 bits per heavy atom. The lowest BCUT2D eigenvalue weighted by Crippen LogP contribution is -2.27. The maximum absolute atomic E-state index is 10.6. The predicted octanol–water partition coefficient (Wildman–Crippen LogP) is 2.29. The molecule has 0 bridgehead atoms. The van der Waals surface area contributed by atoms with Gasteiger partial charge in [-0.2, -0.15) is 0 Å². The second kappa shape index (κ2) is 2.84. The van der Waals surface area contributed by atoms with Crippen LogP contribution in [0.25, 0.3) is 0 Å². The van der Waals surface area contributed by atoms with E-state index in [4.69, 9.17) is 5.11 Å². The molecule has 64 valence electrons. The molecule has 0 amide bonds. The van der Waals surface area contributed by atoms with Gasteiger partial charge in [-0.25, -0.2) is 0 Å². The number of hydrogen-bond donors (Lipinski definition) is 1. The Hall–Kier alpha value is -0.530. The lowest BCUT2D eigenvalue weighted by molar-refractivity contribution is -0.144. The third-order valence-electron chi connectivity index (χ3n) is 2.55. The predicted molar refractivity (Wildman–Crippen MR) is 43.4 cm³/mol. The van der Waals surface area contributed by atoms with Crippen molar-refractivity contribution in [2.45, 2.75) is 39.5 Å². The molecule has 1 saturated carbocycles. The minimum absolute atomic E-state index is 0.0845. The van der Waals surface area contributed by atoms with E-state index < -0.39 is 5.97 Å². The van der Waals surface area contributed by atoms with Gasteiger partial charge in [0, 0.05) is 0 Å². The molecular weight excluding hydrogens is 140 g/mol. The zero-order valence-electron chi connectivity index (χ0n) is 7.26. The Morgan fingerprint density at radius 1 is 1.55 bits per heavy atom. The molecule has 0 aromatic heterocycles. The van der Waals surface area contributed by atoms with Gasteiger partial charge in [-0.05, 0) is 24.7 Å². The van der Waals surface area contributed by atoms with Crippen molar-refractivity contribution in [1.82, 2.24) is 0 Å². The SMILES string of the molecule is CC1(C)CCCC(C(=O)O)C1. The van der Waals surface area contributed by atoms with Crippen LogP contribution in [-0.2, 0) is 4.79 Å². The lowest BCUT2D eigenvalue weighted by Gasteiger charge is -2.32. The highest BCUT2D eigenvalue weighted by Crippen LogP contribution is 2.38. The fourth-order valence-corrected chi connectivity index (χ4v) is 1.91. The van der Waals surface area contributed by atoms with Crippen LogP contribution in [0.3, 0.4) is 0 Å². The van der Waals surface area contributed by atoms with Crippen molar-refractivity contribution < 1.29 is 9.90 Å². The van der Waals surface area contributed by atoms with Crippen LogP contribution in [0.2, 0.25) is 0 Å². The largest absolute Gasteiger partial charge is 0.481 e. The molecular formula is C9H16O2. The molecule has 0 aromatic carbocycles. The Bertz CT molecular complexity index is 161. The normalized spacial score (nSPS) is 29.8. The second-order valence-corrected chi connectivity index (χ2v) is 4.30. The van der Waals surface area contributed by atoms with Gasteiger partial charge in [0.05, 0.1) is 5.92 Å². The van der Waals surface area contributed by atoms with Gasteiger partial charge in [-0.1, -0.05) is 20.3 Å². The lowest BCUT2D eigenvalue weighted by atomic mass is 9.72. The zero-order chi connectivity index (χ0) is 8.48. The summed E-state index contributed by atoms with van der Waals surface area (Å²) in [5.41, 5.74) is 0.251. The quantitative estimate of drug-likeness (QED) is 0.632. The summed E-state index contributed by atoms with van der Waals surface area (Å²) in [6.45, 7) is 4.31. The molecule has 0 spiro atoms. The van der Waals surface area contributed by atoms with Gasteiger partial charge in [0.25, 0.3) is 0 Å². The van der Waals surface area contributed by atoms with Crippen molar-refractivity contribution in [2.24, 2.45) is 11.3 Å². The van der Waals surface area contributed by atoms with Crippen molar-refractivity contribution in [3.05, 3.63) is 0 Å². The molecule has 2 nitrogen and oxygen atoms in total. The van der Waals surface area contributed by atoms with E-state index >= 15 is 0 Å². The van der Waals surface area contributed by atoms with Crippen molar-refractivity contribution >= 4 is 5.97 Å². The number of rotatable bonds is 1. The van der Waals surface area contributed by atoms with E-state index in [1.807, 2.05) is 0 Å². The third kappa shape index (κ3) is 2.21. The summed E-state index contributed by atoms with van der Waals surface area (Å²) < 4.78 is 0. The molecule has 0 heterocycles. The Balaban J connectivity index is 2.53. The summed E-state index contributed by atoms with van der Waals surface area (Å²) in [6, 6.07) is 0. The summed E-state index contributed by atoms with van der Waals surface area (Å²) in [7, 11) is 0. The molecule has 1 aliphatic rings. The summed E-state index contributed by atoms with van der Waals surface area (Å²) in [5.74, 6) is -0.698. The molecule has 0 radical (unpaired) electrons. The first-order chi connectivity index (χ1) is 5.01. The summed E-state index contributed by atoms with van der Waals surface area (Å²) in [4.78, 5) is 10.6. The van der Waals surface area contributed by atoms with Crippen molar-refractivity contribution in [3.63, 3.8) is 0 Å². The second-order valence-electron chi connectivity index (χ2n) is 4.30. The van der Waals surface area contributed by atoms with E-state index in [9.17, 15) is 4.79 Å². The molecule has 11 heavy (non-hydrogen) atoms. The number of carboxylic acids is 1. The molecule has 2 heteroatoms. The standard InChI is InChI=1S/C9H16O2/c1-9(2)5-3-4-7(6-9)8(10)11/h7H,3-6H2,1-2H3,(H,10,11). The average molecular weight is 156 g/mol. The Kier molecular flexibility index (Phi) is 2.21. The van der Waals surface area contributed by atoms with E-state index in [1.165, 1.54) is 6.42 Å². The van der Waals surface area contributed by atoms with E-state index in [2.05, 4.69) is 13.8 Å². The molecule has 1 aliphatic carbocycles. The van der Waals surface area contributed by atoms with Gasteiger partial charge in [0.15, 0.2) is 0 Å². The first kappa shape index (κ1) is 8.57. The number of carboxylic acid groups (broad SMARTS) is 1. The Labute approximate surface area is 67.6 Å². The van der Waals surface area contributed by atoms with Crippen LogP contribution >= 0.6 is 0 Å². The Morgan fingerprint density at radius 2 is 2.18 bits per heavy atom. The fourth-order valence-electron chi connectivity index (χ4n) is 1.91. The minimum Gasteiger partial charge on any atom is -0.481 e. The van der Waals surface area contributed by atoms with Gasteiger partial charge >= 0.3 is 5.97 Å². The van der Waals surface area contributed by atoms with Crippen LogP contribution in [0.1, 0.15) is 39.5 Å². The van der Waals surface area contributed by atoms with Crippen LogP contribution in [0.4, 0.5) is 0 Å². The van der Waals surface area contributed by atoms with E-state index in [0.717, 1.165) is 19.3 Å². The maximum Gasteiger partial charge on any atom is 0.306 e. The highest BCUT2D eigenvalue weighted by Gasteiger charge is 2.31. The van der Waals surface area contributed by atoms with Gasteiger partial charge < -0.3 is 5.11 Å². The minimum atomic E-state index is -0.613. The highest BCUT2D eigenvalue weighted by molar-refractivity contribution is 5.70. The van der Waals surface area contributed by atoms with Crippen LogP contribution in [-0.4, -0.2) is 11.1 Å². The summed E-state index contributed by atoms with van der Waals surface area (Å²) in [5, 5.41) is 8.77. The van der Waals surface area contributed by atoms with Gasteiger partial charge in [0.2, 0.25) is 0 Å². The molecule has 1 rings (SSSR count). The molecule has 0 aliphatic heterocycles. The average Bonchev–Trinajstić information content (AvgIpc) is 1.85. The van der Waals surface area contributed by atoms with E-state index in [-0.39, 0.29) is 11.3 Å². The first-order valence-electron chi connectivity index (χ1n) is 4.24. The molecule has 0 aromatic rings. The van der Waals surface area contributed by atoms with E-state index in [0.29, 0.717) is 0 Å². The molecule has 1 fully saturated rings. The first-order valence-corrected chi connectivity index (χ1v) is 4.24. The third-order valence-corrected chi connectivity index (χ3v) is 2.55. The smallest absolute Gasteiger partial charge is 0.306 e. The van der Waals surface area contributed by atoms with Gasteiger partial charge in [-0.15, -0.1) is 0 Å². The fraction of sp³-hybridized carbons (Fsp3) is 0.889.